The van der Waals surface area contributed by atoms with Crippen LogP contribution in [-0.2, 0) is 0 Å². The number of anilines is 1. The second-order valence-corrected chi connectivity index (χ2v) is 6.53. The summed E-state index contributed by atoms with van der Waals surface area (Å²) in [5.41, 5.74) is 8.69. The van der Waals surface area contributed by atoms with E-state index >= 15 is 0 Å². The van der Waals surface area contributed by atoms with Gasteiger partial charge < -0.3 is 15.5 Å². The van der Waals surface area contributed by atoms with Crippen LogP contribution in [0.15, 0.2) is 24.3 Å². The highest BCUT2D eigenvalue weighted by Gasteiger charge is 2.31. The van der Waals surface area contributed by atoms with E-state index in [1.165, 1.54) is 24.1 Å². The molecule has 4 heteroatoms. The maximum absolute atomic E-state index is 6.11. The van der Waals surface area contributed by atoms with Crippen molar-refractivity contribution in [1.82, 2.24) is 9.80 Å². The van der Waals surface area contributed by atoms with Gasteiger partial charge in [-0.05, 0) is 51.2 Å². The summed E-state index contributed by atoms with van der Waals surface area (Å²) in [6.45, 7) is 2.97. The maximum atomic E-state index is 6.11. The van der Waals surface area contributed by atoms with Crippen LogP contribution in [0.2, 0.25) is 0 Å². The maximum Gasteiger partial charge on any atom is 0.0473 e. The van der Waals surface area contributed by atoms with E-state index in [9.17, 15) is 0 Å². The Morgan fingerprint density at radius 3 is 2.38 bits per heavy atom. The number of nitrogens with zero attached hydrogens (tertiary/aromatic N) is 3. The predicted octanol–water partition coefficient (Wildman–Crippen LogP) is 1.78. The van der Waals surface area contributed by atoms with Crippen molar-refractivity contribution >= 4 is 5.69 Å². The molecule has 118 valence electrons. The number of likely N-dealkylation sites (tertiary alicyclic amines) is 1. The van der Waals surface area contributed by atoms with Gasteiger partial charge in [0.2, 0.25) is 0 Å². The first-order chi connectivity index (χ1) is 10.0. The van der Waals surface area contributed by atoms with Crippen LogP contribution in [0, 0.1) is 0 Å². The molecule has 0 aromatic heterocycles. The number of hydrogen-bond acceptors (Lipinski definition) is 4. The molecule has 4 nitrogen and oxygen atoms in total. The molecule has 1 aliphatic rings. The number of rotatable bonds is 6. The normalized spacial score (nSPS) is 21.0. The Balaban J connectivity index is 2.14. The van der Waals surface area contributed by atoms with Gasteiger partial charge in [0, 0.05) is 45.0 Å². The predicted molar refractivity (Wildman–Crippen MR) is 90.8 cm³/mol. The van der Waals surface area contributed by atoms with E-state index < -0.39 is 0 Å². The molecule has 0 aliphatic carbocycles. The summed E-state index contributed by atoms with van der Waals surface area (Å²) in [6.07, 6.45) is 2.56. The monoisotopic (exact) mass is 290 g/mol. The van der Waals surface area contributed by atoms with Crippen molar-refractivity contribution in [3.8, 4) is 0 Å². The molecule has 0 radical (unpaired) electrons. The molecule has 1 fully saturated rings. The molecule has 1 saturated heterocycles. The van der Waals surface area contributed by atoms with E-state index in [0.717, 1.165) is 13.1 Å². The molecule has 1 aromatic rings. The highest BCUT2D eigenvalue weighted by molar-refractivity contribution is 5.46. The molecule has 2 rings (SSSR count). The average Bonchev–Trinajstić information content (AvgIpc) is 2.87. The van der Waals surface area contributed by atoms with Crippen LogP contribution in [0.25, 0.3) is 0 Å². The number of likely N-dealkylation sites (N-methyl/N-ethyl adjacent to an activating group) is 1. The minimum atomic E-state index is 0.341. The highest BCUT2D eigenvalue weighted by atomic mass is 15.2. The quantitative estimate of drug-likeness (QED) is 0.866. The minimum Gasteiger partial charge on any atom is -0.378 e. The first kappa shape index (κ1) is 16.3. The Hall–Kier alpha value is -1.10. The van der Waals surface area contributed by atoms with Crippen LogP contribution >= 0.6 is 0 Å². The lowest BCUT2D eigenvalue weighted by atomic mass is 10.0. The Bertz CT molecular complexity index is 427. The fourth-order valence-electron chi connectivity index (χ4n) is 3.34. The molecular weight excluding hydrogens is 260 g/mol. The second kappa shape index (κ2) is 7.25. The summed E-state index contributed by atoms with van der Waals surface area (Å²) in [4.78, 5) is 7.02. The summed E-state index contributed by atoms with van der Waals surface area (Å²) < 4.78 is 0. The lowest BCUT2D eigenvalue weighted by Gasteiger charge is -2.34. The Kier molecular flexibility index (Phi) is 5.62. The summed E-state index contributed by atoms with van der Waals surface area (Å²) in [7, 11) is 8.45. The molecule has 21 heavy (non-hydrogen) atoms. The Morgan fingerprint density at radius 1 is 1.19 bits per heavy atom. The van der Waals surface area contributed by atoms with Crippen molar-refractivity contribution < 1.29 is 0 Å². The Morgan fingerprint density at radius 2 is 1.86 bits per heavy atom. The SMILES string of the molecule is CN(C)CC1CCCN1C(CN)c1ccc(N(C)C)cc1. The molecule has 1 aliphatic heterocycles. The number of hydrogen-bond donors (Lipinski definition) is 1. The largest absolute Gasteiger partial charge is 0.378 e. The number of benzene rings is 1. The summed E-state index contributed by atoms with van der Waals surface area (Å²) in [5, 5.41) is 0. The third-order valence-electron chi connectivity index (χ3n) is 4.42. The average molecular weight is 290 g/mol. The van der Waals surface area contributed by atoms with E-state index in [2.05, 4.69) is 67.2 Å². The van der Waals surface area contributed by atoms with Crippen LogP contribution in [0.4, 0.5) is 5.69 Å². The molecule has 0 amide bonds. The van der Waals surface area contributed by atoms with Gasteiger partial charge in [0.15, 0.2) is 0 Å². The fourth-order valence-corrected chi connectivity index (χ4v) is 3.34. The first-order valence-electron chi connectivity index (χ1n) is 7.90. The highest BCUT2D eigenvalue weighted by Crippen LogP contribution is 2.30. The second-order valence-electron chi connectivity index (χ2n) is 6.53. The van der Waals surface area contributed by atoms with Crippen LogP contribution in [0.1, 0.15) is 24.4 Å². The summed E-state index contributed by atoms with van der Waals surface area (Å²) in [6, 6.07) is 9.82. The van der Waals surface area contributed by atoms with Crippen molar-refractivity contribution in [1.29, 1.82) is 0 Å². The summed E-state index contributed by atoms with van der Waals surface area (Å²) >= 11 is 0. The molecule has 2 atom stereocenters. The van der Waals surface area contributed by atoms with E-state index in [0.29, 0.717) is 18.6 Å². The molecular formula is C17H30N4. The fraction of sp³-hybridized carbons (Fsp3) is 0.647. The molecule has 0 saturated carbocycles. The van der Waals surface area contributed by atoms with Gasteiger partial charge in [-0.25, -0.2) is 0 Å². The van der Waals surface area contributed by atoms with Gasteiger partial charge in [0.25, 0.3) is 0 Å². The zero-order chi connectivity index (χ0) is 15.4. The van der Waals surface area contributed by atoms with E-state index in [-0.39, 0.29) is 0 Å². The first-order valence-corrected chi connectivity index (χ1v) is 7.90. The molecule has 0 spiro atoms. The molecule has 2 unspecified atom stereocenters. The van der Waals surface area contributed by atoms with Crippen LogP contribution in [0.3, 0.4) is 0 Å². The van der Waals surface area contributed by atoms with Crippen LogP contribution in [0.5, 0.6) is 0 Å². The number of nitrogens with two attached hydrogens (primary N) is 1. The lowest BCUT2D eigenvalue weighted by molar-refractivity contribution is 0.156. The van der Waals surface area contributed by atoms with Gasteiger partial charge in [-0.2, -0.15) is 0 Å². The van der Waals surface area contributed by atoms with Gasteiger partial charge in [0.05, 0.1) is 0 Å². The Labute approximate surface area is 129 Å². The zero-order valence-electron chi connectivity index (χ0n) is 13.9. The molecule has 1 aromatic carbocycles. The van der Waals surface area contributed by atoms with Crippen molar-refractivity contribution in [3.63, 3.8) is 0 Å². The third-order valence-corrected chi connectivity index (χ3v) is 4.42. The molecule has 0 bridgehead atoms. The van der Waals surface area contributed by atoms with Crippen molar-refractivity contribution in [3.05, 3.63) is 29.8 Å². The van der Waals surface area contributed by atoms with Crippen molar-refractivity contribution in [2.45, 2.75) is 24.9 Å². The van der Waals surface area contributed by atoms with Crippen molar-refractivity contribution in [2.24, 2.45) is 5.73 Å². The van der Waals surface area contributed by atoms with Gasteiger partial charge in [-0.1, -0.05) is 12.1 Å². The van der Waals surface area contributed by atoms with Gasteiger partial charge in [0.1, 0.15) is 0 Å². The van der Waals surface area contributed by atoms with Crippen LogP contribution < -0.4 is 10.6 Å². The van der Waals surface area contributed by atoms with Gasteiger partial charge >= 0.3 is 0 Å². The van der Waals surface area contributed by atoms with E-state index in [4.69, 9.17) is 5.73 Å². The van der Waals surface area contributed by atoms with Crippen LogP contribution in [-0.4, -0.2) is 63.7 Å². The molecule has 2 N–H and O–H groups in total. The lowest BCUT2D eigenvalue weighted by Crippen LogP contribution is -2.42. The van der Waals surface area contributed by atoms with E-state index in [1.54, 1.807) is 0 Å². The zero-order valence-corrected chi connectivity index (χ0v) is 13.9. The summed E-state index contributed by atoms with van der Waals surface area (Å²) in [5.74, 6) is 0. The third kappa shape index (κ3) is 3.96. The van der Waals surface area contributed by atoms with Gasteiger partial charge in [-0.15, -0.1) is 0 Å². The van der Waals surface area contributed by atoms with E-state index in [1.807, 2.05) is 0 Å². The smallest absolute Gasteiger partial charge is 0.0473 e. The van der Waals surface area contributed by atoms with Crippen molar-refractivity contribution in [2.75, 3.05) is 52.7 Å². The minimum absolute atomic E-state index is 0.341. The standard InChI is InChI=1S/C17H30N4/c1-19(2)13-16-6-5-11-21(16)17(12-18)14-7-9-15(10-8-14)20(3)4/h7-10,16-17H,5-6,11-13,18H2,1-4H3. The molecule has 1 heterocycles. The van der Waals surface area contributed by atoms with Gasteiger partial charge in [-0.3, -0.25) is 4.90 Å². The topological polar surface area (TPSA) is 35.7 Å².